The summed E-state index contributed by atoms with van der Waals surface area (Å²) in [6, 6.07) is 11.1. The first-order valence-corrected chi connectivity index (χ1v) is 11.5. The van der Waals surface area contributed by atoms with Gasteiger partial charge in [0.1, 0.15) is 23.3 Å². The fourth-order valence-electron chi connectivity index (χ4n) is 3.97. The average molecular weight is 570 g/mol. The Bertz CT molecular complexity index is 1560. The molecule has 0 spiro atoms. The van der Waals surface area contributed by atoms with Crippen LogP contribution in [-0.4, -0.2) is 6.36 Å². The van der Waals surface area contributed by atoms with Crippen molar-refractivity contribution in [1.29, 1.82) is 0 Å². The minimum absolute atomic E-state index is 0.00601. The molecular weight excluding hydrogens is 554 g/mol. The number of rotatable bonds is 6. The molecule has 0 saturated carbocycles. The Kier molecular flexibility index (Phi) is 7.95. The van der Waals surface area contributed by atoms with Gasteiger partial charge in [-0.05, 0) is 59.0 Å². The molecule has 0 radical (unpaired) electrons. The molecule has 0 aromatic heterocycles. The van der Waals surface area contributed by atoms with Crippen molar-refractivity contribution < 1.29 is 48.6 Å². The van der Waals surface area contributed by atoms with Crippen molar-refractivity contribution in [2.75, 3.05) is 0 Å². The second-order valence-corrected chi connectivity index (χ2v) is 8.48. The van der Waals surface area contributed by atoms with Crippen LogP contribution in [0.25, 0.3) is 39.2 Å². The van der Waals surface area contributed by atoms with Crippen LogP contribution in [0, 0.1) is 29.1 Å². The van der Waals surface area contributed by atoms with Crippen molar-refractivity contribution in [3.05, 3.63) is 107 Å². The standard InChI is InChI=1S/C29H16F10O/c1-2-20(30)27(36)15-5-3-14(4-6-15)16-7-8-19(21(31)9-16)17-10-22(32)26(23(33)11-17)18-12-24(34)28(25(35)13-18)40-29(37,38)39/h3-13H,2H2,1H3. The van der Waals surface area contributed by atoms with E-state index in [-0.39, 0.29) is 35.2 Å². The third-order valence-corrected chi connectivity index (χ3v) is 5.85. The zero-order valence-electron chi connectivity index (χ0n) is 20.2. The number of benzene rings is 4. The van der Waals surface area contributed by atoms with E-state index in [2.05, 4.69) is 4.74 Å². The summed E-state index contributed by atoms with van der Waals surface area (Å²) in [5, 5.41) is 0. The van der Waals surface area contributed by atoms with E-state index in [1.165, 1.54) is 43.3 Å². The lowest BCUT2D eigenvalue weighted by Gasteiger charge is -2.14. The SMILES string of the molecule is CCC(F)=C(F)c1ccc(-c2ccc(-c3cc(F)c(-c4cc(F)c(OC(F)(F)F)c(F)c4)c(F)c3)c(F)c2)cc1. The quantitative estimate of drug-likeness (QED) is 0.210. The minimum Gasteiger partial charge on any atom is -0.399 e. The fourth-order valence-corrected chi connectivity index (χ4v) is 3.97. The molecule has 0 N–H and O–H groups in total. The molecule has 0 amide bonds. The highest BCUT2D eigenvalue weighted by molar-refractivity contribution is 5.75. The molecule has 0 bridgehead atoms. The van der Waals surface area contributed by atoms with Crippen molar-refractivity contribution in [1.82, 2.24) is 0 Å². The van der Waals surface area contributed by atoms with Gasteiger partial charge in [-0.15, -0.1) is 13.2 Å². The van der Waals surface area contributed by atoms with Crippen LogP contribution in [0.1, 0.15) is 18.9 Å². The molecule has 1 nitrogen and oxygen atoms in total. The summed E-state index contributed by atoms with van der Waals surface area (Å²) >= 11 is 0. The maximum atomic E-state index is 15.0. The molecule has 40 heavy (non-hydrogen) atoms. The van der Waals surface area contributed by atoms with E-state index in [9.17, 15) is 43.9 Å². The van der Waals surface area contributed by atoms with Crippen LogP contribution in [0.2, 0.25) is 0 Å². The normalized spacial score (nSPS) is 12.4. The Hall–Kier alpha value is -4.28. The van der Waals surface area contributed by atoms with Gasteiger partial charge in [-0.3, -0.25) is 0 Å². The Balaban J connectivity index is 1.66. The molecule has 4 aromatic rings. The van der Waals surface area contributed by atoms with Crippen LogP contribution >= 0.6 is 0 Å². The van der Waals surface area contributed by atoms with Crippen molar-refractivity contribution >= 4 is 5.83 Å². The Morgan fingerprint density at radius 2 is 1.12 bits per heavy atom. The Morgan fingerprint density at radius 3 is 1.62 bits per heavy atom. The third-order valence-electron chi connectivity index (χ3n) is 5.85. The highest BCUT2D eigenvalue weighted by atomic mass is 19.4. The summed E-state index contributed by atoms with van der Waals surface area (Å²) in [4.78, 5) is 0. The molecule has 11 heteroatoms. The van der Waals surface area contributed by atoms with Crippen LogP contribution in [-0.2, 0) is 0 Å². The number of allylic oxidation sites excluding steroid dienone is 1. The van der Waals surface area contributed by atoms with Crippen LogP contribution in [0.5, 0.6) is 5.75 Å². The minimum atomic E-state index is -5.41. The van der Waals surface area contributed by atoms with Gasteiger partial charge >= 0.3 is 6.36 Å². The molecule has 0 heterocycles. The van der Waals surface area contributed by atoms with Gasteiger partial charge in [0, 0.05) is 11.1 Å². The molecule has 4 rings (SSSR count). The lowest BCUT2D eigenvalue weighted by atomic mass is 9.96. The van der Waals surface area contributed by atoms with E-state index in [1.807, 2.05) is 0 Å². The molecule has 0 aliphatic heterocycles. The first kappa shape index (κ1) is 28.7. The summed E-state index contributed by atoms with van der Waals surface area (Å²) in [7, 11) is 0. The van der Waals surface area contributed by atoms with Gasteiger partial charge in [-0.25, -0.2) is 30.7 Å². The Labute approximate surface area is 221 Å². The van der Waals surface area contributed by atoms with Crippen LogP contribution < -0.4 is 4.74 Å². The van der Waals surface area contributed by atoms with Gasteiger partial charge in [-0.2, -0.15) is 0 Å². The molecule has 0 aliphatic carbocycles. The second kappa shape index (κ2) is 11.1. The number of alkyl halides is 3. The third kappa shape index (κ3) is 5.98. The largest absolute Gasteiger partial charge is 0.573 e. The fraction of sp³-hybridized carbons (Fsp3) is 0.103. The summed E-state index contributed by atoms with van der Waals surface area (Å²) < 4.78 is 141. The lowest BCUT2D eigenvalue weighted by molar-refractivity contribution is -0.276. The van der Waals surface area contributed by atoms with Crippen molar-refractivity contribution in [3.8, 4) is 39.1 Å². The zero-order chi connectivity index (χ0) is 29.4. The molecule has 208 valence electrons. The summed E-state index contributed by atoms with van der Waals surface area (Å²) in [5.74, 6) is -11.1. The van der Waals surface area contributed by atoms with E-state index < -0.39 is 64.0 Å². The monoisotopic (exact) mass is 570 g/mol. The van der Waals surface area contributed by atoms with Crippen LogP contribution in [0.3, 0.4) is 0 Å². The summed E-state index contributed by atoms with van der Waals surface area (Å²) in [6.45, 7) is 1.45. The molecule has 0 fully saturated rings. The van der Waals surface area contributed by atoms with Gasteiger partial charge in [0.15, 0.2) is 17.5 Å². The van der Waals surface area contributed by atoms with E-state index in [1.54, 1.807) is 0 Å². The van der Waals surface area contributed by atoms with Gasteiger partial charge in [0.2, 0.25) is 5.75 Å². The molecule has 0 saturated heterocycles. The van der Waals surface area contributed by atoms with E-state index in [0.29, 0.717) is 23.3 Å². The Morgan fingerprint density at radius 1 is 0.625 bits per heavy atom. The summed E-state index contributed by atoms with van der Waals surface area (Å²) in [6.07, 6.45) is -5.53. The van der Waals surface area contributed by atoms with E-state index >= 15 is 0 Å². The van der Waals surface area contributed by atoms with Crippen LogP contribution in [0.4, 0.5) is 43.9 Å². The van der Waals surface area contributed by atoms with Crippen molar-refractivity contribution in [2.24, 2.45) is 0 Å². The molecule has 0 unspecified atom stereocenters. The van der Waals surface area contributed by atoms with Gasteiger partial charge in [-0.1, -0.05) is 43.3 Å². The van der Waals surface area contributed by atoms with Crippen molar-refractivity contribution in [2.45, 2.75) is 19.7 Å². The summed E-state index contributed by atoms with van der Waals surface area (Å²) in [5.41, 5.74) is -1.48. The predicted molar refractivity (Wildman–Crippen MR) is 129 cm³/mol. The number of hydrogen-bond acceptors (Lipinski definition) is 1. The first-order valence-electron chi connectivity index (χ1n) is 11.5. The zero-order valence-corrected chi connectivity index (χ0v) is 20.2. The van der Waals surface area contributed by atoms with Crippen molar-refractivity contribution in [3.63, 3.8) is 0 Å². The highest BCUT2D eigenvalue weighted by Gasteiger charge is 2.34. The number of hydrogen-bond donors (Lipinski definition) is 0. The van der Waals surface area contributed by atoms with Gasteiger partial charge in [0.25, 0.3) is 0 Å². The van der Waals surface area contributed by atoms with Gasteiger partial charge < -0.3 is 4.74 Å². The molecule has 0 aliphatic rings. The average Bonchev–Trinajstić information content (AvgIpc) is 2.89. The maximum absolute atomic E-state index is 15.0. The molecular formula is C29H16F10O. The second-order valence-electron chi connectivity index (χ2n) is 8.48. The predicted octanol–water partition coefficient (Wildman–Crippen LogP) is 10.3. The number of ether oxygens (including phenoxy) is 1. The first-order chi connectivity index (χ1) is 18.8. The highest BCUT2D eigenvalue weighted by Crippen LogP contribution is 2.37. The topological polar surface area (TPSA) is 9.23 Å². The maximum Gasteiger partial charge on any atom is 0.573 e. The molecule has 0 atom stereocenters. The smallest absolute Gasteiger partial charge is 0.399 e. The van der Waals surface area contributed by atoms with Crippen LogP contribution in [0.15, 0.2) is 72.6 Å². The lowest BCUT2D eigenvalue weighted by Crippen LogP contribution is -2.19. The van der Waals surface area contributed by atoms with E-state index in [0.717, 1.165) is 6.07 Å². The number of halogens is 10. The van der Waals surface area contributed by atoms with E-state index in [4.69, 9.17) is 0 Å². The van der Waals surface area contributed by atoms with Gasteiger partial charge in [0.05, 0.1) is 5.56 Å². The molecule has 4 aromatic carbocycles.